The van der Waals surface area contributed by atoms with Crippen LogP contribution in [-0.4, -0.2) is 36.4 Å². The highest BCUT2D eigenvalue weighted by Crippen LogP contribution is 2.34. The molecule has 0 spiro atoms. The van der Waals surface area contributed by atoms with E-state index < -0.39 is 16.8 Å². The van der Waals surface area contributed by atoms with E-state index in [0.29, 0.717) is 5.71 Å². The number of rotatable bonds is 4. The molecular formula is C30H38N4O4. The zero-order chi connectivity index (χ0) is 27.0. The predicted octanol–water partition coefficient (Wildman–Crippen LogP) is 5.15. The molecule has 1 aromatic carbocycles. The number of nitrogens with zero attached hydrogens (tertiary/aromatic N) is 4. The van der Waals surface area contributed by atoms with Gasteiger partial charge in [-0.25, -0.2) is 9.80 Å². The maximum atomic E-state index is 13.9. The van der Waals surface area contributed by atoms with Crippen LogP contribution >= 0.6 is 0 Å². The highest BCUT2D eigenvalue weighted by Gasteiger charge is 2.38. The minimum atomic E-state index is -0.585. The van der Waals surface area contributed by atoms with Crippen LogP contribution in [0.1, 0.15) is 108 Å². The van der Waals surface area contributed by atoms with E-state index >= 15 is 0 Å². The minimum absolute atomic E-state index is 0.0107. The molecule has 1 aliphatic heterocycles. The molecule has 2 aromatic rings. The van der Waals surface area contributed by atoms with Gasteiger partial charge >= 0.3 is 5.69 Å². The number of hydrogen-bond donors (Lipinski definition) is 1. The Labute approximate surface area is 223 Å². The molecule has 2 saturated carbocycles. The number of aromatic hydroxyl groups is 1. The number of aromatic nitrogens is 2. The Morgan fingerprint density at radius 2 is 1.39 bits per heavy atom. The third kappa shape index (κ3) is 4.76. The SMILES string of the molecule is CC(C)(C)N1N=C(c2ccccc2)/C(=C/c2c(O)n(C3CCCCC3)c(=O)n(C3CCCCC3)c2=O)C1=O. The molecule has 2 fully saturated rings. The lowest BCUT2D eigenvalue weighted by atomic mass is 9.94. The van der Waals surface area contributed by atoms with E-state index in [-0.39, 0.29) is 35.0 Å². The van der Waals surface area contributed by atoms with Crippen molar-refractivity contribution in [1.82, 2.24) is 14.1 Å². The molecule has 2 heterocycles. The van der Waals surface area contributed by atoms with Gasteiger partial charge in [0.05, 0.1) is 11.1 Å². The van der Waals surface area contributed by atoms with Crippen LogP contribution in [0.2, 0.25) is 0 Å². The summed E-state index contributed by atoms with van der Waals surface area (Å²) in [6.45, 7) is 5.70. The third-order valence-corrected chi connectivity index (χ3v) is 8.06. The van der Waals surface area contributed by atoms with Gasteiger partial charge in [0.1, 0.15) is 11.3 Å². The highest BCUT2D eigenvalue weighted by molar-refractivity contribution is 6.33. The summed E-state index contributed by atoms with van der Waals surface area (Å²) in [6.07, 6.45) is 10.6. The lowest BCUT2D eigenvalue weighted by Crippen LogP contribution is -2.45. The van der Waals surface area contributed by atoms with Crippen LogP contribution in [0, 0.1) is 0 Å². The van der Waals surface area contributed by atoms with Crippen molar-refractivity contribution in [2.75, 3.05) is 0 Å². The van der Waals surface area contributed by atoms with Crippen molar-refractivity contribution in [3.05, 3.63) is 67.9 Å². The number of carbonyl (C=O) groups is 1. The van der Waals surface area contributed by atoms with E-state index in [9.17, 15) is 19.5 Å². The average molecular weight is 519 g/mol. The molecule has 5 rings (SSSR count). The first-order valence-corrected chi connectivity index (χ1v) is 14.0. The molecule has 1 N–H and O–H groups in total. The van der Waals surface area contributed by atoms with Crippen LogP contribution in [0.15, 0.2) is 50.6 Å². The van der Waals surface area contributed by atoms with Gasteiger partial charge in [-0.2, -0.15) is 5.10 Å². The lowest BCUT2D eigenvalue weighted by molar-refractivity contribution is -0.129. The molecule has 0 bridgehead atoms. The van der Waals surface area contributed by atoms with Crippen molar-refractivity contribution in [2.24, 2.45) is 5.10 Å². The van der Waals surface area contributed by atoms with Gasteiger partial charge in [0.25, 0.3) is 11.5 Å². The molecule has 0 saturated heterocycles. The molecule has 0 unspecified atom stereocenters. The zero-order valence-corrected chi connectivity index (χ0v) is 22.7. The Morgan fingerprint density at radius 1 is 0.842 bits per heavy atom. The molecule has 8 nitrogen and oxygen atoms in total. The van der Waals surface area contributed by atoms with E-state index in [1.165, 1.54) is 20.2 Å². The molecule has 38 heavy (non-hydrogen) atoms. The molecule has 8 heteroatoms. The highest BCUT2D eigenvalue weighted by atomic mass is 16.3. The topological polar surface area (TPSA) is 96.9 Å². The predicted molar refractivity (Wildman–Crippen MR) is 148 cm³/mol. The standard InChI is InChI=1S/C30H38N4O4/c1-30(2,3)34-28(37)23(25(31-34)20-13-7-4-8-14-20)19-24-26(35)32(21-15-9-5-10-16-21)29(38)33(27(24)36)22-17-11-6-12-18-22/h4,7-8,13-14,19,21-22,35H,5-6,9-12,15-18H2,1-3H3/b23-19-. The second kappa shape index (κ2) is 10.4. The molecule has 2 aliphatic carbocycles. The van der Waals surface area contributed by atoms with Crippen LogP contribution in [0.5, 0.6) is 5.88 Å². The number of hydrogen-bond acceptors (Lipinski definition) is 5. The van der Waals surface area contributed by atoms with E-state index in [2.05, 4.69) is 5.10 Å². The fourth-order valence-corrected chi connectivity index (χ4v) is 6.06. The second-order valence-corrected chi connectivity index (χ2v) is 11.8. The molecule has 0 radical (unpaired) electrons. The number of hydrazone groups is 1. The van der Waals surface area contributed by atoms with Crippen LogP contribution in [0.4, 0.5) is 0 Å². The van der Waals surface area contributed by atoms with Gasteiger partial charge in [0.15, 0.2) is 0 Å². The van der Waals surface area contributed by atoms with Gasteiger partial charge in [-0.15, -0.1) is 0 Å². The van der Waals surface area contributed by atoms with Crippen molar-refractivity contribution in [1.29, 1.82) is 0 Å². The van der Waals surface area contributed by atoms with Crippen molar-refractivity contribution in [3.8, 4) is 5.88 Å². The third-order valence-electron chi connectivity index (χ3n) is 8.06. The van der Waals surface area contributed by atoms with Gasteiger partial charge in [-0.05, 0) is 52.5 Å². The van der Waals surface area contributed by atoms with Crippen LogP contribution in [0.3, 0.4) is 0 Å². The van der Waals surface area contributed by atoms with Gasteiger partial charge < -0.3 is 5.11 Å². The summed E-state index contributed by atoms with van der Waals surface area (Å²) in [5, 5.41) is 17.6. The van der Waals surface area contributed by atoms with Crippen molar-refractivity contribution >= 4 is 17.7 Å². The Bertz CT molecular complexity index is 1380. The van der Waals surface area contributed by atoms with Crippen molar-refractivity contribution < 1.29 is 9.90 Å². The Kier molecular flexibility index (Phi) is 7.16. The molecule has 1 amide bonds. The van der Waals surface area contributed by atoms with Gasteiger partial charge in [-0.1, -0.05) is 68.9 Å². The summed E-state index contributed by atoms with van der Waals surface area (Å²) in [4.78, 5) is 41.4. The Balaban J connectivity index is 1.73. The van der Waals surface area contributed by atoms with E-state index in [4.69, 9.17) is 0 Å². The maximum Gasteiger partial charge on any atom is 0.334 e. The van der Waals surface area contributed by atoms with Gasteiger partial charge in [0.2, 0.25) is 5.88 Å². The van der Waals surface area contributed by atoms with Crippen LogP contribution in [0.25, 0.3) is 6.08 Å². The van der Waals surface area contributed by atoms with E-state index in [1.54, 1.807) is 0 Å². The first-order chi connectivity index (χ1) is 18.2. The average Bonchev–Trinajstić information content (AvgIpc) is 3.24. The number of carbonyl (C=O) groups excluding carboxylic acids is 1. The molecule has 0 atom stereocenters. The fourth-order valence-electron chi connectivity index (χ4n) is 6.06. The first-order valence-electron chi connectivity index (χ1n) is 14.0. The second-order valence-electron chi connectivity index (χ2n) is 11.8. The molecule has 1 aromatic heterocycles. The molecule has 202 valence electrons. The first kappa shape index (κ1) is 26.2. The fraction of sp³-hybridized carbons (Fsp3) is 0.533. The van der Waals surface area contributed by atoms with Crippen molar-refractivity contribution in [2.45, 2.75) is 103 Å². The maximum absolute atomic E-state index is 13.9. The summed E-state index contributed by atoms with van der Waals surface area (Å²) in [5.74, 6) is -0.685. The lowest BCUT2D eigenvalue weighted by Gasteiger charge is -2.29. The van der Waals surface area contributed by atoms with Crippen LogP contribution in [-0.2, 0) is 4.79 Å². The Morgan fingerprint density at radius 3 is 1.95 bits per heavy atom. The summed E-state index contributed by atoms with van der Waals surface area (Å²) in [7, 11) is 0. The monoisotopic (exact) mass is 518 g/mol. The van der Waals surface area contributed by atoms with E-state index in [0.717, 1.165) is 69.8 Å². The smallest absolute Gasteiger partial charge is 0.334 e. The summed E-state index contributed by atoms with van der Waals surface area (Å²) >= 11 is 0. The summed E-state index contributed by atoms with van der Waals surface area (Å²) in [5.41, 5.74) is -0.132. The van der Waals surface area contributed by atoms with Crippen LogP contribution < -0.4 is 11.2 Å². The summed E-state index contributed by atoms with van der Waals surface area (Å²) < 4.78 is 2.79. The van der Waals surface area contributed by atoms with Crippen molar-refractivity contribution in [3.63, 3.8) is 0 Å². The van der Waals surface area contributed by atoms with E-state index in [1.807, 2.05) is 51.1 Å². The molecule has 3 aliphatic rings. The Hall–Kier alpha value is -3.42. The summed E-state index contributed by atoms with van der Waals surface area (Å²) in [6, 6.07) is 9.00. The normalized spacial score (nSPS) is 20.8. The minimum Gasteiger partial charge on any atom is -0.494 e. The number of benzene rings is 1. The number of amides is 1. The van der Waals surface area contributed by atoms with Gasteiger partial charge in [-0.3, -0.25) is 18.7 Å². The van der Waals surface area contributed by atoms with Gasteiger partial charge in [0, 0.05) is 17.6 Å². The largest absolute Gasteiger partial charge is 0.494 e. The quantitative estimate of drug-likeness (QED) is 0.566. The zero-order valence-electron chi connectivity index (χ0n) is 22.7. The molecular weight excluding hydrogens is 480 g/mol.